The van der Waals surface area contributed by atoms with Gasteiger partial charge >= 0.3 is 0 Å². The summed E-state index contributed by atoms with van der Waals surface area (Å²) in [5.74, 6) is -0.789. The quantitative estimate of drug-likeness (QED) is 0.838. The van der Waals surface area contributed by atoms with Crippen LogP contribution in [0.1, 0.15) is 12.5 Å². The van der Waals surface area contributed by atoms with E-state index in [0.717, 1.165) is 6.07 Å². The van der Waals surface area contributed by atoms with Gasteiger partial charge in [0.15, 0.2) is 0 Å². The Morgan fingerprint density at radius 2 is 2.16 bits per heavy atom. The van der Waals surface area contributed by atoms with Gasteiger partial charge < -0.3 is 5.73 Å². The van der Waals surface area contributed by atoms with Gasteiger partial charge in [-0.15, -0.1) is 0 Å². The molecular weight excluding hydrogens is 311 g/mol. The molecule has 0 radical (unpaired) electrons. The standard InChI is InChI=1S/C11H16ClFN2O2S2/c1-7(18-2)6-15-19(16,17)9-3-8(5-14)11(12)10(13)4-9/h3-4,7,15H,5-6,14H2,1-2H3. The summed E-state index contributed by atoms with van der Waals surface area (Å²) in [6, 6.07) is 2.19. The molecule has 1 aromatic rings. The van der Waals surface area contributed by atoms with Gasteiger partial charge in [-0.05, 0) is 24.0 Å². The van der Waals surface area contributed by atoms with E-state index in [1.165, 1.54) is 17.8 Å². The first-order valence-electron chi connectivity index (χ1n) is 5.52. The third kappa shape index (κ3) is 4.32. The average Bonchev–Trinajstić information content (AvgIpc) is 2.38. The average molecular weight is 327 g/mol. The van der Waals surface area contributed by atoms with Crippen LogP contribution in [-0.2, 0) is 16.6 Å². The summed E-state index contributed by atoms with van der Waals surface area (Å²) in [6.07, 6.45) is 1.88. The van der Waals surface area contributed by atoms with Crippen LogP contribution >= 0.6 is 23.4 Å². The first-order valence-corrected chi connectivity index (χ1v) is 8.67. The fraction of sp³-hybridized carbons (Fsp3) is 0.455. The number of benzene rings is 1. The molecule has 0 aliphatic rings. The molecule has 1 rings (SSSR count). The van der Waals surface area contributed by atoms with E-state index < -0.39 is 15.8 Å². The summed E-state index contributed by atoms with van der Waals surface area (Å²) < 4.78 is 40.0. The van der Waals surface area contributed by atoms with Gasteiger partial charge in [0.1, 0.15) is 5.82 Å². The molecule has 8 heteroatoms. The predicted octanol–water partition coefficient (Wildman–Crippen LogP) is 1.97. The lowest BCUT2D eigenvalue weighted by molar-refractivity contribution is 0.577. The van der Waals surface area contributed by atoms with Gasteiger partial charge in [0, 0.05) is 18.3 Å². The van der Waals surface area contributed by atoms with Crippen molar-refractivity contribution in [2.24, 2.45) is 5.73 Å². The van der Waals surface area contributed by atoms with E-state index in [0.29, 0.717) is 0 Å². The molecule has 0 aliphatic carbocycles. The Labute approximate surface area is 121 Å². The summed E-state index contributed by atoms with van der Waals surface area (Å²) in [6.45, 7) is 2.13. The SMILES string of the molecule is CSC(C)CNS(=O)(=O)c1cc(F)c(Cl)c(CN)c1. The third-order valence-corrected chi connectivity index (χ3v) is 5.37. The first kappa shape index (κ1) is 16.7. The van der Waals surface area contributed by atoms with Crippen molar-refractivity contribution in [2.45, 2.75) is 23.6 Å². The molecule has 0 aromatic heterocycles. The summed E-state index contributed by atoms with van der Waals surface area (Å²) in [4.78, 5) is -0.164. The Morgan fingerprint density at radius 1 is 1.53 bits per heavy atom. The fourth-order valence-electron chi connectivity index (χ4n) is 1.32. The zero-order valence-electron chi connectivity index (χ0n) is 10.6. The van der Waals surface area contributed by atoms with Crippen LogP contribution in [-0.4, -0.2) is 26.5 Å². The Balaban J connectivity index is 3.05. The zero-order chi connectivity index (χ0) is 14.6. The lowest BCUT2D eigenvalue weighted by Crippen LogP contribution is -2.29. The van der Waals surface area contributed by atoms with E-state index in [9.17, 15) is 12.8 Å². The van der Waals surface area contributed by atoms with Gasteiger partial charge in [-0.3, -0.25) is 0 Å². The molecule has 19 heavy (non-hydrogen) atoms. The molecule has 0 fully saturated rings. The number of hydrogen-bond acceptors (Lipinski definition) is 4. The summed E-state index contributed by atoms with van der Waals surface area (Å²) in [7, 11) is -3.75. The minimum Gasteiger partial charge on any atom is -0.326 e. The van der Waals surface area contributed by atoms with E-state index in [4.69, 9.17) is 17.3 Å². The molecule has 1 unspecified atom stereocenters. The van der Waals surface area contributed by atoms with Gasteiger partial charge in [-0.25, -0.2) is 17.5 Å². The van der Waals surface area contributed by atoms with Crippen molar-refractivity contribution in [2.75, 3.05) is 12.8 Å². The molecule has 1 aromatic carbocycles. The molecule has 0 bridgehead atoms. The molecule has 0 saturated carbocycles. The van der Waals surface area contributed by atoms with Gasteiger partial charge in [-0.2, -0.15) is 11.8 Å². The largest absolute Gasteiger partial charge is 0.326 e. The van der Waals surface area contributed by atoms with Crippen LogP contribution in [0.3, 0.4) is 0 Å². The summed E-state index contributed by atoms with van der Waals surface area (Å²) in [5.41, 5.74) is 5.67. The summed E-state index contributed by atoms with van der Waals surface area (Å²) in [5, 5.41) is -0.0140. The molecule has 108 valence electrons. The van der Waals surface area contributed by atoms with Crippen molar-refractivity contribution >= 4 is 33.4 Å². The van der Waals surface area contributed by atoms with Crippen LogP contribution in [0, 0.1) is 5.82 Å². The molecule has 4 nitrogen and oxygen atoms in total. The number of sulfonamides is 1. The molecule has 0 spiro atoms. The number of hydrogen-bond donors (Lipinski definition) is 2. The maximum absolute atomic E-state index is 13.5. The predicted molar refractivity (Wildman–Crippen MR) is 77.5 cm³/mol. The second kappa shape index (κ2) is 6.90. The lowest BCUT2D eigenvalue weighted by atomic mass is 10.2. The highest BCUT2D eigenvalue weighted by atomic mass is 35.5. The maximum Gasteiger partial charge on any atom is 0.240 e. The van der Waals surface area contributed by atoms with Gasteiger partial charge in [0.25, 0.3) is 0 Å². The molecule has 1 atom stereocenters. The fourth-order valence-corrected chi connectivity index (χ4v) is 3.05. The second-order valence-corrected chi connectivity index (χ2v) is 7.40. The highest BCUT2D eigenvalue weighted by Gasteiger charge is 2.19. The van der Waals surface area contributed by atoms with Crippen LogP contribution in [0.25, 0.3) is 0 Å². The molecule has 0 aliphatic heterocycles. The maximum atomic E-state index is 13.5. The normalized spacial score (nSPS) is 13.5. The van der Waals surface area contributed by atoms with Crippen molar-refractivity contribution in [1.82, 2.24) is 4.72 Å². The first-order chi connectivity index (χ1) is 8.81. The second-order valence-electron chi connectivity index (χ2n) is 3.98. The number of nitrogens with two attached hydrogens (primary N) is 1. The number of nitrogens with one attached hydrogen (secondary N) is 1. The number of thioether (sulfide) groups is 1. The Morgan fingerprint density at radius 3 is 2.68 bits per heavy atom. The monoisotopic (exact) mass is 326 g/mol. The van der Waals surface area contributed by atoms with E-state index in [2.05, 4.69) is 4.72 Å². The van der Waals surface area contributed by atoms with Crippen molar-refractivity contribution < 1.29 is 12.8 Å². The molecule has 3 N–H and O–H groups in total. The molecule has 0 saturated heterocycles. The lowest BCUT2D eigenvalue weighted by Gasteiger charge is -2.12. The highest BCUT2D eigenvalue weighted by Crippen LogP contribution is 2.24. The number of halogens is 2. The minimum atomic E-state index is -3.75. The Bertz CT molecular complexity index is 552. The van der Waals surface area contributed by atoms with Gasteiger partial charge in [-0.1, -0.05) is 18.5 Å². The van der Waals surface area contributed by atoms with Crippen LogP contribution in [0.2, 0.25) is 5.02 Å². The van der Waals surface area contributed by atoms with E-state index >= 15 is 0 Å². The number of rotatable bonds is 6. The van der Waals surface area contributed by atoms with E-state index in [-0.39, 0.29) is 33.8 Å². The van der Waals surface area contributed by atoms with Gasteiger partial charge in [0.2, 0.25) is 10.0 Å². The van der Waals surface area contributed by atoms with Crippen molar-refractivity contribution in [3.63, 3.8) is 0 Å². The van der Waals surface area contributed by atoms with E-state index in [1.54, 1.807) is 0 Å². The molecule has 0 heterocycles. The van der Waals surface area contributed by atoms with E-state index in [1.807, 2.05) is 13.2 Å². The Kier molecular flexibility index (Phi) is 6.07. The van der Waals surface area contributed by atoms with Crippen LogP contribution in [0.4, 0.5) is 4.39 Å². The molecular formula is C11H16ClFN2O2S2. The van der Waals surface area contributed by atoms with Crippen LogP contribution < -0.4 is 10.5 Å². The summed E-state index contributed by atoms with van der Waals surface area (Å²) >= 11 is 7.22. The minimum absolute atomic E-state index is 0.0275. The Hall–Kier alpha value is -0.340. The zero-order valence-corrected chi connectivity index (χ0v) is 13.0. The van der Waals surface area contributed by atoms with Crippen LogP contribution in [0.15, 0.2) is 17.0 Å². The smallest absolute Gasteiger partial charge is 0.240 e. The third-order valence-electron chi connectivity index (χ3n) is 2.57. The highest BCUT2D eigenvalue weighted by molar-refractivity contribution is 7.99. The van der Waals surface area contributed by atoms with Crippen molar-refractivity contribution in [3.05, 3.63) is 28.5 Å². The van der Waals surface area contributed by atoms with Crippen molar-refractivity contribution in [3.8, 4) is 0 Å². The topological polar surface area (TPSA) is 72.2 Å². The molecule has 0 amide bonds. The van der Waals surface area contributed by atoms with Crippen LogP contribution in [0.5, 0.6) is 0 Å². The van der Waals surface area contributed by atoms with Gasteiger partial charge in [0.05, 0.1) is 9.92 Å². The van der Waals surface area contributed by atoms with Crippen molar-refractivity contribution in [1.29, 1.82) is 0 Å².